The van der Waals surface area contributed by atoms with E-state index in [0.29, 0.717) is 0 Å². The molecular formula is C18H18FN3O. The molecule has 118 valence electrons. The molecule has 0 fully saturated rings. The SMILES string of the molecule is C[C@@H](NC(=O)Cc1cn(C)c2ncccc12)c1ccc(F)cc1. The Morgan fingerprint density at radius 2 is 2.04 bits per heavy atom. The van der Waals surface area contributed by atoms with Gasteiger partial charge in [0, 0.05) is 24.8 Å². The van der Waals surface area contributed by atoms with Gasteiger partial charge in [-0.25, -0.2) is 9.37 Å². The van der Waals surface area contributed by atoms with E-state index in [1.165, 1.54) is 12.1 Å². The molecule has 0 aliphatic rings. The molecule has 0 unspecified atom stereocenters. The molecule has 0 aliphatic heterocycles. The molecule has 1 N–H and O–H groups in total. The molecule has 1 amide bonds. The number of carbonyl (C=O) groups excluding carboxylic acids is 1. The van der Waals surface area contributed by atoms with Crippen molar-refractivity contribution in [3.63, 3.8) is 0 Å². The number of fused-ring (bicyclic) bond motifs is 1. The van der Waals surface area contributed by atoms with Crippen molar-refractivity contribution in [1.29, 1.82) is 0 Å². The fraction of sp³-hybridized carbons (Fsp3) is 0.222. The summed E-state index contributed by atoms with van der Waals surface area (Å²) in [4.78, 5) is 16.6. The summed E-state index contributed by atoms with van der Waals surface area (Å²) < 4.78 is 14.9. The molecule has 0 saturated heterocycles. The highest BCUT2D eigenvalue weighted by molar-refractivity contribution is 5.87. The maximum atomic E-state index is 13.0. The van der Waals surface area contributed by atoms with Crippen molar-refractivity contribution in [1.82, 2.24) is 14.9 Å². The van der Waals surface area contributed by atoms with Gasteiger partial charge in [-0.2, -0.15) is 0 Å². The van der Waals surface area contributed by atoms with Gasteiger partial charge in [-0.05, 0) is 42.3 Å². The minimum absolute atomic E-state index is 0.0711. The summed E-state index contributed by atoms with van der Waals surface area (Å²) in [6.07, 6.45) is 3.96. The number of hydrogen-bond donors (Lipinski definition) is 1. The predicted octanol–water partition coefficient (Wildman–Crippen LogP) is 3.13. The van der Waals surface area contributed by atoms with E-state index in [0.717, 1.165) is 22.2 Å². The van der Waals surface area contributed by atoms with E-state index in [1.807, 2.05) is 36.9 Å². The second kappa shape index (κ2) is 6.20. The van der Waals surface area contributed by atoms with E-state index in [-0.39, 0.29) is 24.2 Å². The molecule has 2 aromatic heterocycles. The van der Waals surface area contributed by atoms with Crippen LogP contribution in [0.2, 0.25) is 0 Å². The van der Waals surface area contributed by atoms with Gasteiger partial charge in [0.1, 0.15) is 11.5 Å². The molecule has 0 spiro atoms. The average molecular weight is 311 g/mol. The molecule has 2 heterocycles. The Kier molecular flexibility index (Phi) is 4.10. The summed E-state index contributed by atoms with van der Waals surface area (Å²) >= 11 is 0. The number of halogens is 1. The molecule has 0 aliphatic carbocycles. The summed E-state index contributed by atoms with van der Waals surface area (Å²) in [5.41, 5.74) is 2.68. The van der Waals surface area contributed by atoms with Crippen LogP contribution in [0.25, 0.3) is 11.0 Å². The Balaban J connectivity index is 1.72. The number of pyridine rings is 1. The second-order valence-corrected chi connectivity index (χ2v) is 5.66. The Bertz CT molecular complexity index is 839. The number of carbonyl (C=O) groups is 1. The summed E-state index contributed by atoms with van der Waals surface area (Å²) in [6.45, 7) is 1.88. The monoisotopic (exact) mass is 311 g/mol. The van der Waals surface area contributed by atoms with E-state index >= 15 is 0 Å². The van der Waals surface area contributed by atoms with Gasteiger partial charge in [-0.1, -0.05) is 12.1 Å². The smallest absolute Gasteiger partial charge is 0.224 e. The number of aryl methyl sites for hydroxylation is 1. The minimum Gasteiger partial charge on any atom is -0.349 e. The van der Waals surface area contributed by atoms with E-state index in [2.05, 4.69) is 10.3 Å². The van der Waals surface area contributed by atoms with E-state index < -0.39 is 0 Å². The van der Waals surface area contributed by atoms with Crippen molar-refractivity contribution in [3.8, 4) is 0 Å². The standard InChI is InChI=1S/C18H18FN3O/c1-12(13-5-7-15(19)8-6-13)21-17(23)10-14-11-22(2)18-16(14)4-3-9-20-18/h3-9,11-12H,10H2,1-2H3,(H,21,23)/t12-/m1/s1. The van der Waals surface area contributed by atoms with Crippen LogP contribution in [0.3, 0.4) is 0 Å². The zero-order valence-corrected chi connectivity index (χ0v) is 13.1. The van der Waals surface area contributed by atoms with Gasteiger partial charge < -0.3 is 9.88 Å². The Hall–Kier alpha value is -2.69. The van der Waals surface area contributed by atoms with Crippen LogP contribution in [0.1, 0.15) is 24.1 Å². The van der Waals surface area contributed by atoms with Crippen LogP contribution in [0.15, 0.2) is 48.8 Å². The number of aromatic nitrogens is 2. The molecule has 3 aromatic rings. The minimum atomic E-state index is -0.282. The molecule has 23 heavy (non-hydrogen) atoms. The van der Waals surface area contributed by atoms with E-state index in [1.54, 1.807) is 18.3 Å². The lowest BCUT2D eigenvalue weighted by Gasteiger charge is -2.14. The van der Waals surface area contributed by atoms with Crippen molar-refractivity contribution < 1.29 is 9.18 Å². The van der Waals surface area contributed by atoms with Crippen molar-refractivity contribution in [2.45, 2.75) is 19.4 Å². The average Bonchev–Trinajstić information content (AvgIpc) is 2.84. The van der Waals surface area contributed by atoms with Crippen molar-refractivity contribution in [3.05, 3.63) is 65.7 Å². The van der Waals surface area contributed by atoms with Crippen LogP contribution >= 0.6 is 0 Å². The first kappa shape index (κ1) is 15.2. The molecule has 5 heteroatoms. The third kappa shape index (κ3) is 3.23. The number of hydrogen-bond acceptors (Lipinski definition) is 2. The third-order valence-electron chi connectivity index (χ3n) is 3.91. The molecule has 0 bridgehead atoms. The van der Waals surface area contributed by atoms with Gasteiger partial charge in [-0.15, -0.1) is 0 Å². The second-order valence-electron chi connectivity index (χ2n) is 5.66. The van der Waals surface area contributed by atoms with Crippen LogP contribution in [0.5, 0.6) is 0 Å². The summed E-state index contributed by atoms with van der Waals surface area (Å²) in [5.74, 6) is -0.353. The van der Waals surface area contributed by atoms with Crippen molar-refractivity contribution in [2.24, 2.45) is 7.05 Å². The number of amides is 1. The van der Waals surface area contributed by atoms with Crippen LogP contribution in [0.4, 0.5) is 4.39 Å². The third-order valence-corrected chi connectivity index (χ3v) is 3.91. The normalized spacial score (nSPS) is 12.3. The Labute approximate surface area is 134 Å². The molecule has 4 nitrogen and oxygen atoms in total. The van der Waals surface area contributed by atoms with Crippen molar-refractivity contribution >= 4 is 16.9 Å². The van der Waals surface area contributed by atoms with Gasteiger partial charge in [-0.3, -0.25) is 4.79 Å². The first-order valence-electron chi connectivity index (χ1n) is 7.48. The maximum absolute atomic E-state index is 13.0. The summed E-state index contributed by atoms with van der Waals surface area (Å²) in [5, 5.41) is 3.93. The predicted molar refractivity (Wildman–Crippen MR) is 87.4 cm³/mol. The highest BCUT2D eigenvalue weighted by Crippen LogP contribution is 2.19. The lowest BCUT2D eigenvalue weighted by Crippen LogP contribution is -2.28. The highest BCUT2D eigenvalue weighted by atomic mass is 19.1. The van der Waals surface area contributed by atoms with E-state index in [4.69, 9.17) is 0 Å². The molecule has 1 aromatic carbocycles. The molecule has 1 atom stereocenters. The maximum Gasteiger partial charge on any atom is 0.224 e. The molecule has 0 radical (unpaired) electrons. The number of rotatable bonds is 4. The van der Waals surface area contributed by atoms with Crippen LogP contribution < -0.4 is 5.32 Å². The summed E-state index contributed by atoms with van der Waals surface area (Å²) in [6, 6.07) is 9.82. The number of benzene rings is 1. The molecule has 3 rings (SSSR count). The highest BCUT2D eigenvalue weighted by Gasteiger charge is 2.14. The van der Waals surface area contributed by atoms with Crippen LogP contribution in [0, 0.1) is 5.82 Å². The van der Waals surface area contributed by atoms with Gasteiger partial charge >= 0.3 is 0 Å². The number of nitrogens with one attached hydrogen (secondary N) is 1. The quantitative estimate of drug-likeness (QED) is 0.804. The fourth-order valence-corrected chi connectivity index (χ4v) is 2.73. The largest absolute Gasteiger partial charge is 0.349 e. The number of nitrogens with zero attached hydrogens (tertiary/aromatic N) is 2. The fourth-order valence-electron chi connectivity index (χ4n) is 2.73. The lowest BCUT2D eigenvalue weighted by molar-refractivity contribution is -0.121. The zero-order chi connectivity index (χ0) is 16.4. The van der Waals surface area contributed by atoms with Gasteiger partial charge in [0.25, 0.3) is 0 Å². The first-order chi connectivity index (χ1) is 11.0. The molecular weight excluding hydrogens is 293 g/mol. The van der Waals surface area contributed by atoms with Crippen LogP contribution in [-0.2, 0) is 18.3 Å². The summed E-state index contributed by atoms with van der Waals surface area (Å²) in [7, 11) is 1.91. The van der Waals surface area contributed by atoms with Gasteiger partial charge in [0.15, 0.2) is 0 Å². The van der Waals surface area contributed by atoms with Crippen molar-refractivity contribution in [2.75, 3.05) is 0 Å². The lowest BCUT2D eigenvalue weighted by atomic mass is 10.1. The molecule has 0 saturated carbocycles. The van der Waals surface area contributed by atoms with Gasteiger partial charge in [0.2, 0.25) is 5.91 Å². The van der Waals surface area contributed by atoms with Crippen LogP contribution in [-0.4, -0.2) is 15.5 Å². The topological polar surface area (TPSA) is 46.9 Å². The van der Waals surface area contributed by atoms with E-state index in [9.17, 15) is 9.18 Å². The zero-order valence-electron chi connectivity index (χ0n) is 13.1. The first-order valence-corrected chi connectivity index (χ1v) is 7.48. The van der Waals surface area contributed by atoms with Gasteiger partial charge in [0.05, 0.1) is 12.5 Å². The Morgan fingerprint density at radius 1 is 1.30 bits per heavy atom. The Morgan fingerprint density at radius 3 is 2.78 bits per heavy atom.